The van der Waals surface area contributed by atoms with Gasteiger partial charge in [0.1, 0.15) is 23.2 Å². The summed E-state index contributed by atoms with van der Waals surface area (Å²) >= 11 is 1.39. The summed E-state index contributed by atoms with van der Waals surface area (Å²) in [6.07, 6.45) is 0. The summed E-state index contributed by atoms with van der Waals surface area (Å²) in [5, 5.41) is 6.80. The first-order valence-corrected chi connectivity index (χ1v) is 10.4. The summed E-state index contributed by atoms with van der Waals surface area (Å²) in [7, 11) is 4.92. The Bertz CT molecular complexity index is 1260. The number of amides is 2. The number of aryl methyl sites for hydroxylation is 1. The second-order valence-electron chi connectivity index (χ2n) is 7.02. The van der Waals surface area contributed by atoms with E-state index in [2.05, 4.69) is 15.6 Å². The van der Waals surface area contributed by atoms with E-state index < -0.39 is 6.04 Å². The van der Waals surface area contributed by atoms with Gasteiger partial charge in [0.25, 0.3) is 5.91 Å². The zero-order valence-electron chi connectivity index (χ0n) is 17.6. The average Bonchev–Trinajstić information content (AvgIpc) is 3.33. The van der Waals surface area contributed by atoms with Gasteiger partial charge < -0.3 is 24.7 Å². The SMILES string of the molecule is COc1cc(OC)c2cc(C(=O)N[C@H](C)C(=O)Nc3nc4ccccc4s3)n(C)c2c1. The van der Waals surface area contributed by atoms with Gasteiger partial charge in [-0.1, -0.05) is 23.5 Å². The Morgan fingerprint density at radius 3 is 2.61 bits per heavy atom. The second kappa shape index (κ2) is 8.27. The van der Waals surface area contributed by atoms with Crippen LogP contribution in [0.15, 0.2) is 42.5 Å². The van der Waals surface area contributed by atoms with E-state index in [4.69, 9.17) is 9.47 Å². The first kappa shape index (κ1) is 20.7. The van der Waals surface area contributed by atoms with Crippen molar-refractivity contribution in [1.29, 1.82) is 0 Å². The molecular weight excluding hydrogens is 416 g/mol. The molecule has 31 heavy (non-hydrogen) atoms. The quantitative estimate of drug-likeness (QED) is 0.480. The van der Waals surface area contributed by atoms with Gasteiger partial charge >= 0.3 is 0 Å². The molecule has 2 aromatic heterocycles. The molecule has 8 nitrogen and oxygen atoms in total. The van der Waals surface area contributed by atoms with Crippen molar-refractivity contribution in [3.8, 4) is 11.5 Å². The Labute approximate surface area is 182 Å². The van der Waals surface area contributed by atoms with Crippen LogP contribution in [-0.2, 0) is 11.8 Å². The van der Waals surface area contributed by atoms with E-state index in [1.807, 2.05) is 30.3 Å². The number of para-hydroxylation sites is 1. The fourth-order valence-electron chi connectivity index (χ4n) is 3.35. The monoisotopic (exact) mass is 438 g/mol. The Morgan fingerprint density at radius 2 is 1.90 bits per heavy atom. The number of carbonyl (C=O) groups is 2. The van der Waals surface area contributed by atoms with E-state index >= 15 is 0 Å². The molecule has 0 spiro atoms. The number of anilines is 1. The molecule has 0 radical (unpaired) electrons. The standard InChI is InChI=1S/C22H22N4O4S/c1-12(20(27)25-22-24-15-7-5-6-8-19(15)31-22)23-21(28)17-11-14-16(26(17)2)9-13(29-3)10-18(14)30-4/h5-12H,1-4H3,(H,23,28)(H,24,25,27)/t12-/m1/s1. The van der Waals surface area contributed by atoms with Crippen molar-refractivity contribution < 1.29 is 19.1 Å². The van der Waals surface area contributed by atoms with Crippen molar-refractivity contribution >= 4 is 49.4 Å². The van der Waals surface area contributed by atoms with E-state index in [1.165, 1.54) is 11.3 Å². The van der Waals surface area contributed by atoms with Crippen LogP contribution >= 0.6 is 11.3 Å². The molecule has 0 aliphatic rings. The first-order valence-electron chi connectivity index (χ1n) is 9.60. The third-order valence-electron chi connectivity index (χ3n) is 5.05. The van der Waals surface area contributed by atoms with Crippen LogP contribution in [0.4, 0.5) is 5.13 Å². The Balaban J connectivity index is 1.52. The van der Waals surface area contributed by atoms with E-state index in [0.29, 0.717) is 22.3 Å². The number of fused-ring (bicyclic) bond motifs is 2. The van der Waals surface area contributed by atoms with E-state index in [-0.39, 0.29) is 11.8 Å². The minimum absolute atomic E-state index is 0.342. The maximum Gasteiger partial charge on any atom is 0.268 e. The average molecular weight is 439 g/mol. The molecule has 1 atom stereocenters. The highest BCUT2D eigenvalue weighted by Gasteiger charge is 2.22. The number of nitrogens with zero attached hydrogens (tertiary/aromatic N) is 2. The molecule has 0 aliphatic heterocycles. The number of carbonyl (C=O) groups excluding carboxylic acids is 2. The van der Waals surface area contributed by atoms with Crippen LogP contribution < -0.4 is 20.1 Å². The number of aromatic nitrogens is 2. The maximum atomic E-state index is 12.9. The van der Waals surface area contributed by atoms with Crippen molar-refractivity contribution in [2.24, 2.45) is 7.05 Å². The second-order valence-corrected chi connectivity index (χ2v) is 8.05. The van der Waals surface area contributed by atoms with Gasteiger partial charge in [-0.15, -0.1) is 0 Å². The number of thiazole rings is 1. The topological polar surface area (TPSA) is 94.5 Å². The van der Waals surface area contributed by atoms with Crippen LogP contribution in [-0.4, -0.2) is 41.6 Å². The highest BCUT2D eigenvalue weighted by molar-refractivity contribution is 7.22. The fourth-order valence-corrected chi connectivity index (χ4v) is 4.22. The molecular formula is C22H22N4O4S. The number of nitrogens with one attached hydrogen (secondary N) is 2. The highest BCUT2D eigenvalue weighted by Crippen LogP contribution is 2.33. The largest absolute Gasteiger partial charge is 0.497 e. The Hall–Kier alpha value is -3.59. The number of rotatable bonds is 6. The van der Waals surface area contributed by atoms with Crippen LogP contribution in [0, 0.1) is 0 Å². The molecule has 0 saturated heterocycles. The molecule has 4 aromatic rings. The van der Waals surface area contributed by atoms with Crippen molar-refractivity contribution in [3.63, 3.8) is 0 Å². The molecule has 0 unspecified atom stereocenters. The summed E-state index contributed by atoms with van der Waals surface area (Å²) in [5.41, 5.74) is 2.01. The van der Waals surface area contributed by atoms with Gasteiger partial charge in [-0.2, -0.15) is 0 Å². The van der Waals surface area contributed by atoms with Gasteiger partial charge in [-0.3, -0.25) is 9.59 Å². The number of ether oxygens (including phenoxy) is 2. The van der Waals surface area contributed by atoms with Crippen LogP contribution in [0.1, 0.15) is 17.4 Å². The number of benzene rings is 2. The van der Waals surface area contributed by atoms with Crippen molar-refractivity contribution in [3.05, 3.63) is 48.2 Å². The molecule has 2 aromatic carbocycles. The molecule has 0 saturated carbocycles. The Kier molecular flexibility index (Phi) is 5.51. The molecule has 2 heterocycles. The molecule has 4 rings (SSSR count). The number of methoxy groups -OCH3 is 2. The van der Waals surface area contributed by atoms with E-state index in [0.717, 1.165) is 21.1 Å². The zero-order chi connectivity index (χ0) is 22.1. The minimum atomic E-state index is -0.756. The van der Waals surface area contributed by atoms with Gasteiger partial charge in [-0.05, 0) is 25.1 Å². The molecule has 9 heteroatoms. The maximum absolute atomic E-state index is 12.9. The minimum Gasteiger partial charge on any atom is -0.497 e. The number of hydrogen-bond acceptors (Lipinski definition) is 6. The highest BCUT2D eigenvalue weighted by atomic mass is 32.1. The Morgan fingerprint density at radius 1 is 1.13 bits per heavy atom. The summed E-state index contributed by atoms with van der Waals surface area (Å²) < 4.78 is 13.5. The third-order valence-corrected chi connectivity index (χ3v) is 6.00. The van der Waals surface area contributed by atoms with Crippen LogP contribution in [0.25, 0.3) is 21.1 Å². The van der Waals surface area contributed by atoms with Crippen molar-refractivity contribution in [2.75, 3.05) is 19.5 Å². The zero-order valence-corrected chi connectivity index (χ0v) is 18.4. The van der Waals surface area contributed by atoms with Crippen LogP contribution in [0.5, 0.6) is 11.5 Å². The third kappa shape index (κ3) is 3.91. The molecule has 0 fully saturated rings. The summed E-state index contributed by atoms with van der Waals surface area (Å²) in [6.45, 7) is 1.63. The van der Waals surface area contributed by atoms with Gasteiger partial charge in [-0.25, -0.2) is 4.98 Å². The van der Waals surface area contributed by atoms with Crippen molar-refractivity contribution in [2.45, 2.75) is 13.0 Å². The van der Waals surface area contributed by atoms with Gasteiger partial charge in [0.15, 0.2) is 5.13 Å². The lowest BCUT2D eigenvalue weighted by Gasteiger charge is -2.13. The van der Waals surface area contributed by atoms with Gasteiger partial charge in [0.2, 0.25) is 5.91 Å². The summed E-state index contributed by atoms with van der Waals surface area (Å²) in [6, 6.07) is 12.2. The van der Waals surface area contributed by atoms with E-state index in [9.17, 15) is 9.59 Å². The smallest absolute Gasteiger partial charge is 0.268 e. The van der Waals surface area contributed by atoms with Crippen LogP contribution in [0.3, 0.4) is 0 Å². The summed E-state index contributed by atoms with van der Waals surface area (Å²) in [5.74, 6) is 0.517. The predicted octanol–water partition coefficient (Wildman–Crippen LogP) is 3.56. The molecule has 0 aliphatic carbocycles. The molecule has 2 N–H and O–H groups in total. The first-order chi connectivity index (χ1) is 14.9. The normalized spacial score (nSPS) is 12.0. The van der Waals surface area contributed by atoms with E-state index in [1.54, 1.807) is 44.9 Å². The van der Waals surface area contributed by atoms with Gasteiger partial charge in [0.05, 0.1) is 30.0 Å². The van der Waals surface area contributed by atoms with Crippen LogP contribution in [0.2, 0.25) is 0 Å². The van der Waals surface area contributed by atoms with Gasteiger partial charge in [0, 0.05) is 24.6 Å². The lowest BCUT2D eigenvalue weighted by molar-refractivity contribution is -0.117. The molecule has 160 valence electrons. The lowest BCUT2D eigenvalue weighted by atomic mass is 10.2. The molecule has 2 amide bonds. The van der Waals surface area contributed by atoms with Crippen molar-refractivity contribution in [1.82, 2.24) is 14.9 Å². The predicted molar refractivity (Wildman–Crippen MR) is 121 cm³/mol. The summed E-state index contributed by atoms with van der Waals surface area (Å²) in [4.78, 5) is 29.9. The fraction of sp³-hybridized carbons (Fsp3) is 0.227. The number of hydrogen-bond donors (Lipinski definition) is 2. The lowest BCUT2D eigenvalue weighted by Crippen LogP contribution is -2.42. The molecule has 0 bridgehead atoms.